The third kappa shape index (κ3) is 13.8. The van der Waals surface area contributed by atoms with Crippen LogP contribution in [0.2, 0.25) is 0 Å². The molecule has 1 saturated heterocycles. The van der Waals surface area contributed by atoms with E-state index < -0.39 is 71.6 Å². The first-order valence-electron chi connectivity index (χ1n) is 20.4. The maximum absolute atomic E-state index is 14.5. The van der Waals surface area contributed by atoms with Crippen LogP contribution >= 0.6 is 0 Å². The van der Waals surface area contributed by atoms with Gasteiger partial charge in [-0.2, -0.15) is 0 Å². The number of hydrogen-bond donors (Lipinski definition) is 4. The highest BCUT2D eigenvalue weighted by Gasteiger charge is 2.46. The number of ketones is 3. The van der Waals surface area contributed by atoms with Crippen molar-refractivity contribution in [2.24, 2.45) is 17.8 Å². The predicted molar refractivity (Wildman–Crippen MR) is 214 cm³/mol. The molecule has 0 radical (unpaired) electrons. The summed E-state index contributed by atoms with van der Waals surface area (Å²) in [5, 5.41) is 10.3. The number of amides is 6. The number of benzene rings is 1. The van der Waals surface area contributed by atoms with E-state index in [2.05, 4.69) is 21.3 Å². The number of rotatable bonds is 21. The van der Waals surface area contributed by atoms with Crippen molar-refractivity contribution in [3.05, 3.63) is 35.4 Å². The predicted octanol–water partition coefficient (Wildman–Crippen LogP) is 2.39. The van der Waals surface area contributed by atoms with E-state index in [9.17, 15) is 43.2 Å². The van der Waals surface area contributed by atoms with Crippen molar-refractivity contribution in [1.82, 2.24) is 31.1 Å². The highest BCUT2D eigenvalue weighted by atomic mass is 16.6. The standard InChI is InChI=1S/C42H62N6O10/c1-8-13-33(37(52)40(55)44-22-27(6)49)45-39(54)34-21-31(58-42(57)47-19-18-28-14-9-10-15-29(28)23-47)24-48(34)41(56)36(26(4)5)46-38(53)32(25(2)3)20-30(50)16-11-12-17-35(51)43-7/h9-10,14-15,25-26,31-34,36H,8,11-13,16-24H2,1-7H3,(H,43,51)(H,44,55)(H,45,54)(H,46,53)/t31-,32-,33?,34?,36+/m1/s1. The number of unbranched alkanes of at least 4 members (excludes halogenated alkanes) is 1. The van der Waals surface area contributed by atoms with Crippen molar-refractivity contribution >= 4 is 53.0 Å². The summed E-state index contributed by atoms with van der Waals surface area (Å²) < 4.78 is 5.92. The Labute approximate surface area is 341 Å². The minimum Gasteiger partial charge on any atom is -0.444 e. The molecule has 16 nitrogen and oxygen atoms in total. The Kier molecular flexibility index (Phi) is 18.5. The van der Waals surface area contributed by atoms with E-state index in [1.165, 1.54) is 11.8 Å². The van der Waals surface area contributed by atoms with Crippen LogP contribution in [0.4, 0.5) is 4.79 Å². The number of nitrogens with zero attached hydrogens (tertiary/aromatic N) is 2. The zero-order valence-electron chi connectivity index (χ0n) is 35.0. The second kappa shape index (κ2) is 22.7. The molecule has 3 rings (SSSR count). The Hall–Kier alpha value is -5.15. The monoisotopic (exact) mass is 810 g/mol. The highest BCUT2D eigenvalue weighted by Crippen LogP contribution is 2.27. The van der Waals surface area contributed by atoms with Gasteiger partial charge in [0.05, 0.1) is 19.1 Å². The molecular formula is C42H62N6O10. The summed E-state index contributed by atoms with van der Waals surface area (Å²) in [5.41, 5.74) is 2.12. The van der Waals surface area contributed by atoms with Crippen LogP contribution in [-0.4, -0.2) is 114 Å². The zero-order valence-corrected chi connectivity index (χ0v) is 35.0. The average molecular weight is 811 g/mol. The Bertz CT molecular complexity index is 1680. The Morgan fingerprint density at radius 2 is 1.57 bits per heavy atom. The summed E-state index contributed by atoms with van der Waals surface area (Å²) in [6, 6.07) is 4.15. The van der Waals surface area contributed by atoms with E-state index in [1.54, 1.807) is 32.7 Å². The molecule has 6 amide bonds. The van der Waals surface area contributed by atoms with Gasteiger partial charge in [-0.3, -0.25) is 38.4 Å². The van der Waals surface area contributed by atoms with E-state index in [-0.39, 0.29) is 62.2 Å². The van der Waals surface area contributed by atoms with Crippen LogP contribution in [0.5, 0.6) is 0 Å². The van der Waals surface area contributed by atoms with Crippen molar-refractivity contribution < 1.29 is 47.9 Å². The van der Waals surface area contributed by atoms with Gasteiger partial charge in [-0.15, -0.1) is 0 Å². The zero-order chi connectivity index (χ0) is 43.1. The molecule has 0 aliphatic carbocycles. The first kappa shape index (κ1) is 47.2. The average Bonchev–Trinajstić information content (AvgIpc) is 3.62. The minimum absolute atomic E-state index is 0.0525. The lowest BCUT2D eigenvalue weighted by Crippen LogP contribution is -2.58. The molecule has 1 aromatic rings. The number of carbonyl (C=O) groups excluding carboxylic acids is 9. The van der Waals surface area contributed by atoms with E-state index in [0.717, 1.165) is 11.1 Å². The summed E-state index contributed by atoms with van der Waals surface area (Å²) in [6.45, 7) is 10.3. The van der Waals surface area contributed by atoms with E-state index in [4.69, 9.17) is 4.74 Å². The fourth-order valence-corrected chi connectivity index (χ4v) is 7.18. The molecule has 5 atom stereocenters. The summed E-state index contributed by atoms with van der Waals surface area (Å²) in [6.07, 6.45) is 0.978. The molecule has 2 unspecified atom stereocenters. The smallest absolute Gasteiger partial charge is 0.410 e. The first-order chi connectivity index (χ1) is 27.5. The molecule has 1 fully saturated rings. The summed E-state index contributed by atoms with van der Waals surface area (Å²) >= 11 is 0. The van der Waals surface area contributed by atoms with Gasteiger partial charge < -0.3 is 35.8 Å². The molecule has 4 N–H and O–H groups in total. The molecule has 58 heavy (non-hydrogen) atoms. The largest absolute Gasteiger partial charge is 0.444 e. The summed E-state index contributed by atoms with van der Waals surface area (Å²) in [5.74, 6) is -5.94. The van der Waals surface area contributed by atoms with E-state index in [1.807, 2.05) is 38.1 Å². The fourth-order valence-electron chi connectivity index (χ4n) is 7.18. The van der Waals surface area contributed by atoms with Gasteiger partial charge in [-0.1, -0.05) is 65.3 Å². The van der Waals surface area contributed by atoms with Gasteiger partial charge in [0.15, 0.2) is 0 Å². The van der Waals surface area contributed by atoms with Crippen molar-refractivity contribution in [1.29, 1.82) is 0 Å². The van der Waals surface area contributed by atoms with Gasteiger partial charge in [0.25, 0.3) is 5.91 Å². The lowest BCUT2D eigenvalue weighted by Gasteiger charge is -2.32. The maximum atomic E-state index is 14.5. The lowest BCUT2D eigenvalue weighted by molar-refractivity contribution is -0.144. The van der Waals surface area contributed by atoms with Crippen molar-refractivity contribution in [2.45, 2.75) is 130 Å². The van der Waals surface area contributed by atoms with Gasteiger partial charge in [-0.05, 0) is 55.6 Å². The number of Topliss-reactive ketones (excluding diaryl/α,β-unsaturated/α-hetero) is 3. The number of carbonyl (C=O) groups is 9. The second-order valence-corrected chi connectivity index (χ2v) is 16.0. The quantitative estimate of drug-likeness (QED) is 0.105. The molecule has 16 heteroatoms. The van der Waals surface area contributed by atoms with Crippen LogP contribution in [0.25, 0.3) is 0 Å². The van der Waals surface area contributed by atoms with Gasteiger partial charge in [0.1, 0.15) is 29.8 Å². The van der Waals surface area contributed by atoms with Gasteiger partial charge in [0, 0.05) is 51.7 Å². The molecule has 1 aromatic carbocycles. The molecule has 2 aliphatic rings. The number of likely N-dealkylation sites (tertiary alicyclic amines) is 1. The third-order valence-electron chi connectivity index (χ3n) is 10.6. The Balaban J connectivity index is 1.83. The van der Waals surface area contributed by atoms with Gasteiger partial charge in [0.2, 0.25) is 29.4 Å². The highest BCUT2D eigenvalue weighted by molar-refractivity contribution is 6.38. The van der Waals surface area contributed by atoms with Crippen molar-refractivity contribution in [3.8, 4) is 0 Å². The number of hydrogen-bond acceptors (Lipinski definition) is 10. The fraction of sp³-hybridized carbons (Fsp3) is 0.643. The van der Waals surface area contributed by atoms with Crippen LogP contribution < -0.4 is 21.3 Å². The molecule has 2 heterocycles. The Morgan fingerprint density at radius 3 is 2.19 bits per heavy atom. The molecule has 320 valence electrons. The maximum Gasteiger partial charge on any atom is 0.410 e. The first-order valence-corrected chi connectivity index (χ1v) is 20.4. The van der Waals surface area contributed by atoms with Crippen molar-refractivity contribution in [2.75, 3.05) is 26.7 Å². The van der Waals surface area contributed by atoms with Crippen molar-refractivity contribution in [3.63, 3.8) is 0 Å². The third-order valence-corrected chi connectivity index (χ3v) is 10.6. The topological polar surface area (TPSA) is 217 Å². The molecular weight excluding hydrogens is 748 g/mol. The van der Waals surface area contributed by atoms with Gasteiger partial charge in [-0.25, -0.2) is 4.79 Å². The summed E-state index contributed by atoms with van der Waals surface area (Å²) in [4.78, 5) is 120. The van der Waals surface area contributed by atoms with Crippen LogP contribution in [0.3, 0.4) is 0 Å². The van der Waals surface area contributed by atoms with E-state index in [0.29, 0.717) is 45.2 Å². The van der Waals surface area contributed by atoms with Crippen LogP contribution in [-0.2, 0) is 56.1 Å². The second-order valence-electron chi connectivity index (χ2n) is 16.0. The van der Waals surface area contributed by atoms with E-state index >= 15 is 0 Å². The normalized spacial score (nSPS) is 17.7. The number of ether oxygens (including phenoxy) is 1. The molecule has 0 aromatic heterocycles. The van der Waals surface area contributed by atoms with Crippen LogP contribution in [0.15, 0.2) is 24.3 Å². The SMILES string of the molecule is CCCC(NC(=O)C1C[C@@H](OC(=O)N2CCc3ccccc3C2)CN1C(=O)[C@@H](NC(=O)[C@H](CC(=O)CCCCC(=O)NC)C(C)C)C(C)C)C(=O)C(=O)NCC(C)=O. The van der Waals surface area contributed by atoms with Crippen LogP contribution in [0, 0.1) is 17.8 Å². The molecule has 0 saturated carbocycles. The number of nitrogens with one attached hydrogen (secondary N) is 4. The van der Waals surface area contributed by atoms with Gasteiger partial charge >= 0.3 is 6.09 Å². The number of fused-ring (bicyclic) bond motifs is 1. The molecule has 2 aliphatic heterocycles. The Morgan fingerprint density at radius 1 is 0.897 bits per heavy atom. The summed E-state index contributed by atoms with van der Waals surface area (Å²) in [7, 11) is 1.55. The minimum atomic E-state index is -1.26. The molecule has 0 bridgehead atoms. The lowest BCUT2D eigenvalue weighted by atomic mass is 9.88. The molecule has 0 spiro atoms. The van der Waals surface area contributed by atoms with Crippen LogP contribution in [0.1, 0.15) is 104 Å².